The minimum atomic E-state index is -0.233. The molecule has 2 heteroatoms. The molecule has 1 saturated heterocycles. The van der Waals surface area contributed by atoms with E-state index in [9.17, 15) is 0 Å². The number of aryl methyl sites for hydroxylation is 1. The van der Waals surface area contributed by atoms with Crippen molar-refractivity contribution in [1.82, 2.24) is 0 Å². The molecule has 1 aliphatic heterocycles. The third-order valence-corrected chi connectivity index (χ3v) is 7.85. The molecule has 0 spiro atoms. The fraction of sp³-hybridized carbons (Fsp3) is 0.613. The average Bonchev–Trinajstić information content (AvgIpc) is 2.88. The number of benzene rings is 2. The van der Waals surface area contributed by atoms with Crippen LogP contribution in [0.1, 0.15) is 130 Å². The Morgan fingerprint density at radius 3 is 2.21 bits per heavy atom. The molecule has 1 saturated carbocycles. The van der Waals surface area contributed by atoms with Crippen LogP contribution in [0, 0.1) is 0 Å². The van der Waals surface area contributed by atoms with Crippen molar-refractivity contribution in [3.8, 4) is 0 Å². The summed E-state index contributed by atoms with van der Waals surface area (Å²) in [6.07, 6.45) is 12.7. The molecule has 0 bridgehead atoms. The standard InChI is InChI=1S/C31H44O2/c1-4-6-11-24-14-16-26(17-15-24)31-32-21-28(22-33-31)29-19-18-27(23(3)10-5-2)20-30(29)25-12-8-7-9-13-25/h14-20,23,25,28,31H,4-13,21-22H2,1-3H3/t23?,28-,31-. The van der Waals surface area contributed by atoms with Gasteiger partial charge in [0.25, 0.3) is 0 Å². The lowest BCUT2D eigenvalue weighted by Gasteiger charge is -2.33. The number of unbranched alkanes of at least 4 members (excludes halogenated alkanes) is 1. The summed E-state index contributed by atoms with van der Waals surface area (Å²) in [5.74, 6) is 1.67. The zero-order valence-electron chi connectivity index (χ0n) is 21.2. The maximum atomic E-state index is 6.29. The van der Waals surface area contributed by atoms with Crippen LogP contribution < -0.4 is 0 Å². The first-order valence-electron chi connectivity index (χ1n) is 13.6. The second-order valence-corrected chi connectivity index (χ2v) is 10.5. The second-order valence-electron chi connectivity index (χ2n) is 10.5. The van der Waals surface area contributed by atoms with Gasteiger partial charge in [-0.05, 0) is 66.2 Å². The lowest BCUT2D eigenvalue weighted by Crippen LogP contribution is -2.27. The van der Waals surface area contributed by atoms with Crippen molar-refractivity contribution in [3.63, 3.8) is 0 Å². The van der Waals surface area contributed by atoms with Crippen molar-refractivity contribution >= 4 is 0 Å². The molecule has 1 heterocycles. The molecule has 0 N–H and O–H groups in total. The molecule has 0 aromatic heterocycles. The molecular weight excluding hydrogens is 404 g/mol. The van der Waals surface area contributed by atoms with Crippen molar-refractivity contribution in [2.24, 2.45) is 0 Å². The molecule has 2 nitrogen and oxygen atoms in total. The van der Waals surface area contributed by atoms with Crippen molar-refractivity contribution < 1.29 is 9.47 Å². The Balaban J connectivity index is 1.46. The van der Waals surface area contributed by atoms with Crippen LogP contribution in [0.15, 0.2) is 42.5 Å². The zero-order valence-corrected chi connectivity index (χ0v) is 21.2. The molecule has 33 heavy (non-hydrogen) atoms. The van der Waals surface area contributed by atoms with Crippen LogP contribution in [-0.2, 0) is 15.9 Å². The predicted octanol–water partition coefficient (Wildman–Crippen LogP) is 8.81. The Labute approximate surface area is 202 Å². The molecule has 2 aromatic rings. The highest BCUT2D eigenvalue weighted by Gasteiger charge is 2.29. The molecule has 4 rings (SSSR count). The molecule has 1 unspecified atom stereocenters. The summed E-state index contributed by atoms with van der Waals surface area (Å²) < 4.78 is 12.6. The van der Waals surface area contributed by atoms with Crippen LogP contribution >= 0.6 is 0 Å². The molecule has 1 atom stereocenters. The minimum absolute atomic E-state index is 0.233. The van der Waals surface area contributed by atoms with E-state index in [2.05, 4.69) is 63.2 Å². The van der Waals surface area contributed by atoms with E-state index in [1.807, 2.05) is 0 Å². The van der Waals surface area contributed by atoms with Gasteiger partial charge < -0.3 is 9.47 Å². The van der Waals surface area contributed by atoms with Gasteiger partial charge in [-0.1, -0.05) is 95.3 Å². The van der Waals surface area contributed by atoms with E-state index in [-0.39, 0.29) is 6.29 Å². The topological polar surface area (TPSA) is 18.5 Å². The molecule has 2 aromatic carbocycles. The lowest BCUT2D eigenvalue weighted by atomic mass is 9.78. The van der Waals surface area contributed by atoms with Gasteiger partial charge in [0, 0.05) is 11.5 Å². The number of ether oxygens (including phenoxy) is 2. The minimum Gasteiger partial charge on any atom is -0.348 e. The van der Waals surface area contributed by atoms with Gasteiger partial charge in [-0.2, -0.15) is 0 Å². The normalized spacial score (nSPS) is 22.9. The largest absolute Gasteiger partial charge is 0.348 e. The first-order chi connectivity index (χ1) is 16.2. The predicted molar refractivity (Wildman–Crippen MR) is 138 cm³/mol. The monoisotopic (exact) mass is 448 g/mol. The molecule has 0 radical (unpaired) electrons. The number of hydrogen-bond acceptors (Lipinski definition) is 2. The summed E-state index contributed by atoms with van der Waals surface area (Å²) in [5.41, 5.74) is 7.13. The van der Waals surface area contributed by atoms with Crippen LogP contribution in [0.2, 0.25) is 0 Å². The highest BCUT2D eigenvalue weighted by molar-refractivity contribution is 5.39. The fourth-order valence-electron chi connectivity index (χ4n) is 5.74. The number of rotatable bonds is 9. The Morgan fingerprint density at radius 1 is 0.818 bits per heavy atom. The van der Waals surface area contributed by atoms with Gasteiger partial charge in [0.2, 0.25) is 0 Å². The van der Waals surface area contributed by atoms with Gasteiger partial charge in [0.15, 0.2) is 6.29 Å². The van der Waals surface area contributed by atoms with Crippen LogP contribution in [0.4, 0.5) is 0 Å². The molecule has 180 valence electrons. The average molecular weight is 449 g/mol. The summed E-state index contributed by atoms with van der Waals surface area (Å²) in [7, 11) is 0. The molecule has 2 aliphatic rings. The van der Waals surface area contributed by atoms with Crippen molar-refractivity contribution in [1.29, 1.82) is 0 Å². The molecule has 0 amide bonds. The third kappa shape index (κ3) is 6.28. The Morgan fingerprint density at radius 2 is 1.55 bits per heavy atom. The van der Waals surface area contributed by atoms with Crippen molar-refractivity contribution in [2.45, 2.75) is 109 Å². The van der Waals surface area contributed by atoms with Crippen molar-refractivity contribution in [3.05, 3.63) is 70.3 Å². The quantitative estimate of drug-likeness (QED) is 0.381. The van der Waals surface area contributed by atoms with E-state index < -0.39 is 0 Å². The van der Waals surface area contributed by atoms with E-state index >= 15 is 0 Å². The third-order valence-electron chi connectivity index (χ3n) is 7.85. The van der Waals surface area contributed by atoms with Crippen LogP contribution in [-0.4, -0.2) is 13.2 Å². The first-order valence-corrected chi connectivity index (χ1v) is 13.6. The van der Waals surface area contributed by atoms with Gasteiger partial charge >= 0.3 is 0 Å². The summed E-state index contributed by atoms with van der Waals surface area (Å²) in [4.78, 5) is 0. The summed E-state index contributed by atoms with van der Waals surface area (Å²) in [5, 5.41) is 0. The number of hydrogen-bond donors (Lipinski definition) is 0. The lowest BCUT2D eigenvalue weighted by molar-refractivity contribution is -0.191. The maximum absolute atomic E-state index is 6.29. The highest BCUT2D eigenvalue weighted by atomic mass is 16.7. The SMILES string of the molecule is CCCCc1ccc([C@H]2OC[C@H](c3ccc(C(C)CCC)cc3C3CCCCC3)CO2)cc1. The highest BCUT2D eigenvalue weighted by Crippen LogP contribution is 2.40. The van der Waals surface area contributed by atoms with Gasteiger partial charge in [0.1, 0.15) is 0 Å². The van der Waals surface area contributed by atoms with E-state index in [1.54, 1.807) is 5.56 Å². The summed E-state index contributed by atoms with van der Waals surface area (Å²) in [6, 6.07) is 16.2. The van der Waals surface area contributed by atoms with E-state index in [0.29, 0.717) is 17.8 Å². The van der Waals surface area contributed by atoms with Crippen LogP contribution in [0.5, 0.6) is 0 Å². The van der Waals surface area contributed by atoms with Crippen LogP contribution in [0.3, 0.4) is 0 Å². The Hall–Kier alpha value is -1.64. The summed E-state index contributed by atoms with van der Waals surface area (Å²) in [6.45, 7) is 8.40. The van der Waals surface area contributed by atoms with E-state index in [1.165, 1.54) is 74.5 Å². The van der Waals surface area contributed by atoms with E-state index in [0.717, 1.165) is 25.2 Å². The summed E-state index contributed by atoms with van der Waals surface area (Å²) >= 11 is 0. The maximum Gasteiger partial charge on any atom is 0.183 e. The van der Waals surface area contributed by atoms with Crippen molar-refractivity contribution in [2.75, 3.05) is 13.2 Å². The smallest absolute Gasteiger partial charge is 0.183 e. The Kier molecular flexibility index (Phi) is 9.03. The van der Waals surface area contributed by atoms with Gasteiger partial charge in [-0.3, -0.25) is 0 Å². The fourth-order valence-corrected chi connectivity index (χ4v) is 5.74. The zero-order chi connectivity index (χ0) is 23.0. The molecular formula is C31H44O2. The molecule has 2 fully saturated rings. The van der Waals surface area contributed by atoms with Crippen LogP contribution in [0.25, 0.3) is 0 Å². The first kappa shape index (κ1) is 24.5. The Bertz CT molecular complexity index is 842. The van der Waals surface area contributed by atoms with Gasteiger partial charge in [-0.15, -0.1) is 0 Å². The molecule has 1 aliphatic carbocycles. The van der Waals surface area contributed by atoms with E-state index in [4.69, 9.17) is 9.47 Å². The van der Waals surface area contributed by atoms with Gasteiger partial charge in [-0.25, -0.2) is 0 Å². The second kappa shape index (κ2) is 12.2. The van der Waals surface area contributed by atoms with Gasteiger partial charge in [0.05, 0.1) is 13.2 Å².